The Morgan fingerprint density at radius 1 is 1.17 bits per heavy atom. The molecule has 0 aromatic carbocycles. The smallest absolute Gasteiger partial charge is 0.0353 e. The fourth-order valence-corrected chi connectivity index (χ4v) is 4.54. The average Bonchev–Trinajstić information content (AvgIpc) is 2.42. The SMILES string of the molecule is C=CC1CCCC(S(=O)CCCCCCCC)C1. The summed E-state index contributed by atoms with van der Waals surface area (Å²) in [5.41, 5.74) is 0. The number of unbranched alkanes of at least 4 members (excludes halogenated alkanes) is 5. The van der Waals surface area contributed by atoms with E-state index in [1.807, 2.05) is 0 Å². The number of rotatable bonds is 9. The fraction of sp³-hybridized carbons (Fsp3) is 0.875. The second-order valence-electron chi connectivity index (χ2n) is 5.64. The van der Waals surface area contributed by atoms with Gasteiger partial charge < -0.3 is 0 Å². The molecule has 0 aromatic rings. The summed E-state index contributed by atoms with van der Waals surface area (Å²) in [7, 11) is -0.584. The zero-order chi connectivity index (χ0) is 13.2. The average molecular weight is 270 g/mol. The molecule has 0 amide bonds. The second-order valence-corrected chi connectivity index (χ2v) is 7.47. The maximum Gasteiger partial charge on any atom is 0.0353 e. The minimum Gasteiger partial charge on any atom is -0.259 e. The lowest BCUT2D eigenvalue weighted by atomic mass is 9.89. The Kier molecular flexibility index (Phi) is 8.66. The van der Waals surface area contributed by atoms with Crippen LogP contribution in [0.15, 0.2) is 12.7 Å². The molecule has 0 bridgehead atoms. The summed E-state index contributed by atoms with van der Waals surface area (Å²) in [5.74, 6) is 1.55. The zero-order valence-corrected chi connectivity index (χ0v) is 12.9. The highest BCUT2D eigenvalue weighted by Gasteiger charge is 2.24. The van der Waals surface area contributed by atoms with Gasteiger partial charge in [-0.05, 0) is 31.6 Å². The Balaban J connectivity index is 2.10. The van der Waals surface area contributed by atoms with E-state index < -0.39 is 10.8 Å². The zero-order valence-electron chi connectivity index (χ0n) is 12.0. The van der Waals surface area contributed by atoms with E-state index in [0.29, 0.717) is 11.2 Å². The highest BCUT2D eigenvalue weighted by Crippen LogP contribution is 2.28. The van der Waals surface area contributed by atoms with Gasteiger partial charge in [-0.15, -0.1) is 6.58 Å². The van der Waals surface area contributed by atoms with Crippen LogP contribution in [0.4, 0.5) is 0 Å². The van der Waals surface area contributed by atoms with Crippen molar-refractivity contribution in [2.24, 2.45) is 5.92 Å². The van der Waals surface area contributed by atoms with Crippen molar-refractivity contribution in [3.8, 4) is 0 Å². The number of hydrogen-bond acceptors (Lipinski definition) is 1. The minimum absolute atomic E-state index is 0.456. The summed E-state index contributed by atoms with van der Waals surface area (Å²) in [6, 6.07) is 0. The first-order valence-electron chi connectivity index (χ1n) is 7.77. The monoisotopic (exact) mass is 270 g/mol. The molecule has 1 fully saturated rings. The van der Waals surface area contributed by atoms with Crippen LogP contribution >= 0.6 is 0 Å². The molecule has 0 N–H and O–H groups in total. The van der Waals surface area contributed by atoms with E-state index in [9.17, 15) is 4.21 Å². The first kappa shape index (κ1) is 15.9. The van der Waals surface area contributed by atoms with Gasteiger partial charge in [-0.2, -0.15) is 0 Å². The van der Waals surface area contributed by atoms with E-state index in [4.69, 9.17) is 0 Å². The third-order valence-corrected chi connectivity index (χ3v) is 5.93. The van der Waals surface area contributed by atoms with Gasteiger partial charge in [-0.1, -0.05) is 51.5 Å². The number of allylic oxidation sites excluding steroid dienone is 1. The Morgan fingerprint density at radius 2 is 1.89 bits per heavy atom. The molecule has 1 saturated carbocycles. The summed E-state index contributed by atoms with van der Waals surface area (Å²) in [5, 5.41) is 0.456. The van der Waals surface area contributed by atoms with E-state index in [-0.39, 0.29) is 0 Å². The lowest BCUT2D eigenvalue weighted by molar-refractivity contribution is 0.423. The van der Waals surface area contributed by atoms with Crippen molar-refractivity contribution >= 4 is 10.8 Å². The topological polar surface area (TPSA) is 17.1 Å². The highest BCUT2D eigenvalue weighted by molar-refractivity contribution is 7.85. The van der Waals surface area contributed by atoms with Gasteiger partial charge in [0.2, 0.25) is 0 Å². The fourth-order valence-electron chi connectivity index (χ4n) is 2.83. The Labute approximate surface area is 116 Å². The van der Waals surface area contributed by atoms with Crippen LogP contribution in [0.5, 0.6) is 0 Å². The molecule has 1 nitrogen and oxygen atoms in total. The Hall–Kier alpha value is -0.110. The normalized spacial score (nSPS) is 25.8. The van der Waals surface area contributed by atoms with Crippen LogP contribution in [-0.4, -0.2) is 15.2 Å². The van der Waals surface area contributed by atoms with Crippen molar-refractivity contribution in [1.82, 2.24) is 0 Å². The maximum atomic E-state index is 12.2. The molecule has 0 radical (unpaired) electrons. The lowest BCUT2D eigenvalue weighted by Gasteiger charge is -2.26. The predicted octanol–water partition coefficient (Wildman–Crippen LogP) is 4.84. The molecule has 2 heteroatoms. The van der Waals surface area contributed by atoms with Crippen molar-refractivity contribution < 1.29 is 4.21 Å². The predicted molar refractivity (Wildman–Crippen MR) is 82.3 cm³/mol. The number of hydrogen-bond donors (Lipinski definition) is 0. The van der Waals surface area contributed by atoms with Gasteiger partial charge in [0.25, 0.3) is 0 Å². The quantitative estimate of drug-likeness (QED) is 0.433. The summed E-state index contributed by atoms with van der Waals surface area (Å²) in [6.07, 6.45) is 14.6. The van der Waals surface area contributed by atoms with Crippen molar-refractivity contribution in [3.05, 3.63) is 12.7 Å². The van der Waals surface area contributed by atoms with Gasteiger partial charge in [0.05, 0.1) is 0 Å². The van der Waals surface area contributed by atoms with Gasteiger partial charge in [0.15, 0.2) is 0 Å². The molecule has 0 aromatic heterocycles. The molecule has 0 spiro atoms. The summed E-state index contributed by atoms with van der Waals surface area (Å²) in [6.45, 7) is 6.13. The molecule has 0 saturated heterocycles. The van der Waals surface area contributed by atoms with Crippen LogP contribution in [0.25, 0.3) is 0 Å². The molecule has 1 rings (SSSR count). The largest absolute Gasteiger partial charge is 0.259 e. The van der Waals surface area contributed by atoms with Crippen LogP contribution < -0.4 is 0 Å². The minimum atomic E-state index is -0.584. The van der Waals surface area contributed by atoms with Gasteiger partial charge in [0, 0.05) is 21.8 Å². The van der Waals surface area contributed by atoms with Crippen LogP contribution in [0.3, 0.4) is 0 Å². The molecular formula is C16H30OS. The summed E-state index contributed by atoms with van der Waals surface area (Å²) >= 11 is 0. The van der Waals surface area contributed by atoms with Crippen molar-refractivity contribution in [2.45, 2.75) is 76.4 Å². The van der Waals surface area contributed by atoms with E-state index >= 15 is 0 Å². The van der Waals surface area contributed by atoms with Crippen LogP contribution in [-0.2, 0) is 10.8 Å². The van der Waals surface area contributed by atoms with Gasteiger partial charge >= 0.3 is 0 Å². The molecule has 0 aliphatic heterocycles. The van der Waals surface area contributed by atoms with Gasteiger partial charge in [-0.3, -0.25) is 4.21 Å². The van der Waals surface area contributed by atoms with E-state index in [0.717, 1.165) is 18.6 Å². The molecule has 1 aliphatic carbocycles. The summed E-state index contributed by atoms with van der Waals surface area (Å²) in [4.78, 5) is 0. The van der Waals surface area contributed by atoms with E-state index in [2.05, 4.69) is 19.6 Å². The maximum absolute atomic E-state index is 12.2. The van der Waals surface area contributed by atoms with Crippen LogP contribution in [0.1, 0.15) is 71.1 Å². The van der Waals surface area contributed by atoms with E-state index in [1.54, 1.807) is 0 Å². The molecule has 3 atom stereocenters. The van der Waals surface area contributed by atoms with Crippen molar-refractivity contribution in [2.75, 3.05) is 5.75 Å². The first-order valence-corrected chi connectivity index (χ1v) is 9.15. The molecule has 3 unspecified atom stereocenters. The van der Waals surface area contributed by atoms with Crippen molar-refractivity contribution in [1.29, 1.82) is 0 Å². The third kappa shape index (κ3) is 6.17. The lowest BCUT2D eigenvalue weighted by Crippen LogP contribution is -2.25. The third-order valence-electron chi connectivity index (χ3n) is 4.07. The molecule has 1 aliphatic rings. The second kappa shape index (κ2) is 9.77. The van der Waals surface area contributed by atoms with E-state index in [1.165, 1.54) is 51.4 Å². The first-order chi connectivity index (χ1) is 8.77. The van der Waals surface area contributed by atoms with Crippen molar-refractivity contribution in [3.63, 3.8) is 0 Å². The molecule has 18 heavy (non-hydrogen) atoms. The van der Waals surface area contributed by atoms with Gasteiger partial charge in [0.1, 0.15) is 0 Å². The standard InChI is InChI=1S/C16H30OS/c1-3-5-6-7-8-9-13-18(17)16-12-10-11-15(4-2)14-16/h4,15-16H,2-3,5-14H2,1H3. The van der Waals surface area contributed by atoms with Crippen LogP contribution in [0.2, 0.25) is 0 Å². The molecular weight excluding hydrogens is 240 g/mol. The summed E-state index contributed by atoms with van der Waals surface area (Å²) < 4.78 is 12.2. The van der Waals surface area contributed by atoms with Crippen LogP contribution in [0, 0.1) is 5.92 Å². The molecule has 0 heterocycles. The molecule has 106 valence electrons. The Morgan fingerprint density at radius 3 is 2.61 bits per heavy atom. The Bertz CT molecular complexity index is 249. The van der Waals surface area contributed by atoms with Gasteiger partial charge in [-0.25, -0.2) is 0 Å². The highest BCUT2D eigenvalue weighted by atomic mass is 32.2.